The van der Waals surface area contributed by atoms with Gasteiger partial charge in [-0.15, -0.1) is 22.7 Å². The van der Waals surface area contributed by atoms with E-state index >= 15 is 0 Å². The van der Waals surface area contributed by atoms with Crippen molar-refractivity contribution in [1.29, 1.82) is 0 Å². The van der Waals surface area contributed by atoms with Gasteiger partial charge in [-0.05, 0) is 78.9 Å². The van der Waals surface area contributed by atoms with Gasteiger partial charge in [-0.1, -0.05) is 157 Å². The van der Waals surface area contributed by atoms with E-state index in [4.69, 9.17) is 0 Å². The van der Waals surface area contributed by atoms with E-state index in [2.05, 4.69) is 185 Å². The largest absolute Gasteiger partial charge is 0.374 e. The quantitative estimate of drug-likeness (QED) is 0.177. The molecule has 0 unspecified atom stereocenters. The Kier molecular flexibility index (Phi) is 7.11. The van der Waals surface area contributed by atoms with Crippen molar-refractivity contribution in [3.8, 4) is 22.3 Å². The van der Waals surface area contributed by atoms with E-state index in [1.54, 1.807) is 0 Å². The molecule has 2 aliphatic rings. The van der Waals surface area contributed by atoms with Gasteiger partial charge in [-0.2, -0.15) is 0 Å². The second kappa shape index (κ2) is 12.0. The molecule has 0 spiro atoms. The molecule has 12 rings (SSSR count). The van der Waals surface area contributed by atoms with Crippen LogP contribution in [0.3, 0.4) is 0 Å². The summed E-state index contributed by atoms with van der Waals surface area (Å²) < 4.78 is 8.15. The molecule has 1 N–H and O–H groups in total. The van der Waals surface area contributed by atoms with Crippen molar-refractivity contribution in [2.45, 2.75) is 58.8 Å². The molecule has 58 heavy (non-hydrogen) atoms. The maximum atomic E-state index is 4.24. The number of nitrogens with one attached hydrogen (secondary N) is 1. The number of hydrogen-bond acceptors (Lipinski definition) is 3. The van der Waals surface area contributed by atoms with Gasteiger partial charge in [0.25, 0.3) is 0 Å². The predicted molar refractivity (Wildman–Crippen MR) is 255 cm³/mol. The zero-order valence-electron chi connectivity index (χ0n) is 33.7. The first-order valence-corrected chi connectivity index (χ1v) is 22.2. The standard InChI is InChI=1S/C53H43BN2S2/c1-52(2,3)32-24-23-31(37(26-32)30-15-8-7-9-16-30)25-40-41(53(4,5)6)27-39-34-19-14-20-36-49(34)56(50-35-18-11-13-22-45(35)58-51(36)50)54-42-28-38-33-17-10-12-21-44(33)57-46(38)29-43(42)55-48(40)47(39)54/h7-24,26-29,55H,25H2,1-6H3. The molecule has 5 heterocycles. The third kappa shape index (κ3) is 4.84. The summed E-state index contributed by atoms with van der Waals surface area (Å²) in [4.78, 5) is 0. The van der Waals surface area contributed by atoms with E-state index in [-0.39, 0.29) is 17.7 Å². The predicted octanol–water partition coefficient (Wildman–Crippen LogP) is 13.9. The van der Waals surface area contributed by atoms with Crippen molar-refractivity contribution in [3.63, 3.8) is 0 Å². The van der Waals surface area contributed by atoms with Crippen LogP contribution in [-0.2, 0) is 17.3 Å². The second-order valence-corrected chi connectivity index (χ2v) is 20.7. The highest BCUT2D eigenvalue weighted by atomic mass is 32.1. The Labute approximate surface area is 347 Å². The van der Waals surface area contributed by atoms with Crippen LogP contribution in [0.2, 0.25) is 0 Å². The molecule has 0 aliphatic carbocycles. The van der Waals surface area contributed by atoms with Gasteiger partial charge >= 0.3 is 6.85 Å². The van der Waals surface area contributed by atoms with E-state index in [1.807, 2.05) is 22.7 Å². The van der Waals surface area contributed by atoms with Crippen LogP contribution in [0.5, 0.6) is 0 Å². The summed E-state index contributed by atoms with van der Waals surface area (Å²) in [5.41, 5.74) is 18.7. The van der Waals surface area contributed by atoms with Crippen LogP contribution in [-0.4, -0.2) is 11.3 Å². The summed E-state index contributed by atoms with van der Waals surface area (Å²) in [5, 5.41) is 9.63. The fourth-order valence-corrected chi connectivity index (χ4v) is 12.6. The lowest BCUT2D eigenvalue weighted by atomic mass is 9.44. The van der Waals surface area contributed by atoms with Gasteiger partial charge in [0.15, 0.2) is 0 Å². The molecule has 0 amide bonds. The third-order valence-corrected chi connectivity index (χ3v) is 15.3. The summed E-state index contributed by atoms with van der Waals surface area (Å²) in [7, 11) is 0. The minimum absolute atomic E-state index is 0.00171. The molecule has 10 aromatic rings. The fraction of sp³-hybridized carbons (Fsp3) is 0.170. The van der Waals surface area contributed by atoms with Crippen molar-refractivity contribution < 1.29 is 0 Å². The Morgan fingerprint density at radius 3 is 2.07 bits per heavy atom. The minimum atomic E-state index is -0.101. The van der Waals surface area contributed by atoms with Crippen molar-refractivity contribution >= 4 is 103 Å². The smallest absolute Gasteiger partial charge is 0.333 e. The Morgan fingerprint density at radius 1 is 0.569 bits per heavy atom. The third-order valence-electron chi connectivity index (χ3n) is 13.0. The Hall–Kier alpha value is -5.62. The van der Waals surface area contributed by atoms with E-state index in [9.17, 15) is 0 Å². The van der Waals surface area contributed by atoms with Crippen molar-refractivity contribution in [2.75, 3.05) is 5.32 Å². The number of benzene rings is 7. The minimum Gasteiger partial charge on any atom is -0.374 e. The molecule has 0 fully saturated rings. The van der Waals surface area contributed by atoms with Crippen molar-refractivity contribution in [1.82, 2.24) is 4.48 Å². The Morgan fingerprint density at radius 2 is 1.29 bits per heavy atom. The summed E-state index contributed by atoms with van der Waals surface area (Å²) in [6, 6.07) is 50.9. The molecule has 0 saturated carbocycles. The van der Waals surface area contributed by atoms with E-state index in [0.29, 0.717) is 0 Å². The highest BCUT2D eigenvalue weighted by Crippen LogP contribution is 2.49. The van der Waals surface area contributed by atoms with Crippen LogP contribution in [0.1, 0.15) is 63.8 Å². The summed E-state index contributed by atoms with van der Waals surface area (Å²) in [6.45, 7) is 14.2. The zero-order chi connectivity index (χ0) is 39.2. The highest BCUT2D eigenvalue weighted by Gasteiger charge is 2.43. The molecule has 0 atom stereocenters. The number of anilines is 2. The van der Waals surface area contributed by atoms with Gasteiger partial charge in [-0.25, -0.2) is 0 Å². The second-order valence-electron chi connectivity index (χ2n) is 18.6. The number of fused-ring (bicyclic) bond motifs is 12. The SMILES string of the molecule is CC(C)(C)c1ccc(Cc2c(C(C)(C)C)cc3c4c2Nc2cc5sc6ccccc6c5cc2B4n2c4c-3cccc4c3sc4ccccc4c32)c(-c2ccccc2)c1. The first-order valence-electron chi connectivity index (χ1n) is 20.6. The number of aromatic nitrogens is 1. The van der Waals surface area contributed by atoms with Gasteiger partial charge in [0, 0.05) is 64.5 Å². The monoisotopic (exact) mass is 782 g/mol. The molecule has 5 heteroatoms. The van der Waals surface area contributed by atoms with Crippen molar-refractivity contribution in [2.24, 2.45) is 0 Å². The van der Waals surface area contributed by atoms with Crippen LogP contribution in [0.15, 0.2) is 133 Å². The van der Waals surface area contributed by atoms with Crippen LogP contribution in [0.4, 0.5) is 11.4 Å². The topological polar surface area (TPSA) is 17.0 Å². The van der Waals surface area contributed by atoms with Crippen LogP contribution in [0, 0.1) is 0 Å². The van der Waals surface area contributed by atoms with Crippen LogP contribution in [0.25, 0.3) is 73.6 Å². The Balaban J connectivity index is 1.20. The van der Waals surface area contributed by atoms with Crippen molar-refractivity contribution in [3.05, 3.63) is 156 Å². The summed E-state index contributed by atoms with van der Waals surface area (Å²) in [6.07, 6.45) is 0.823. The maximum absolute atomic E-state index is 4.24. The number of rotatable bonds is 3. The molecule has 3 aromatic heterocycles. The number of hydrogen-bond donors (Lipinski definition) is 1. The molecule has 2 nitrogen and oxygen atoms in total. The summed E-state index contributed by atoms with van der Waals surface area (Å²) >= 11 is 3.85. The highest BCUT2D eigenvalue weighted by molar-refractivity contribution is 7.27. The van der Waals surface area contributed by atoms with Gasteiger partial charge in [0.1, 0.15) is 0 Å². The zero-order valence-corrected chi connectivity index (χ0v) is 35.4. The molecule has 0 radical (unpaired) electrons. The molecular formula is C53H43BN2S2. The van der Waals surface area contributed by atoms with Gasteiger partial charge in [-0.3, -0.25) is 0 Å². The molecule has 0 saturated heterocycles. The molecule has 7 aromatic carbocycles. The number of thiophene rings is 2. The lowest BCUT2D eigenvalue weighted by Gasteiger charge is -2.38. The maximum Gasteiger partial charge on any atom is 0.333 e. The summed E-state index contributed by atoms with van der Waals surface area (Å²) in [5.74, 6) is 0. The van der Waals surface area contributed by atoms with E-state index in [0.717, 1.165) is 6.42 Å². The van der Waals surface area contributed by atoms with Gasteiger partial charge in [0.2, 0.25) is 0 Å². The van der Waals surface area contributed by atoms with Gasteiger partial charge < -0.3 is 9.79 Å². The van der Waals surface area contributed by atoms with Crippen LogP contribution >= 0.6 is 22.7 Å². The Bertz CT molecular complexity index is 3370. The molecule has 2 aliphatic heterocycles. The number of para-hydroxylation sites is 1. The van der Waals surface area contributed by atoms with Gasteiger partial charge in [0.05, 0.1) is 10.2 Å². The molecule has 0 bridgehead atoms. The first-order chi connectivity index (χ1) is 28.0. The fourth-order valence-electron chi connectivity index (χ4n) is 10.2. The lowest BCUT2D eigenvalue weighted by Crippen LogP contribution is -2.55. The molecular weight excluding hydrogens is 740 g/mol. The lowest BCUT2D eigenvalue weighted by molar-refractivity contribution is 0.584. The average Bonchev–Trinajstić information content (AvgIpc) is 3.88. The normalized spacial score (nSPS) is 13.5. The van der Waals surface area contributed by atoms with Crippen LogP contribution < -0.4 is 16.2 Å². The first kappa shape index (κ1) is 34.4. The molecule has 280 valence electrons. The van der Waals surface area contributed by atoms with E-state index < -0.39 is 0 Å². The van der Waals surface area contributed by atoms with E-state index in [1.165, 1.54) is 118 Å². The number of nitrogens with zero attached hydrogens (tertiary/aromatic N) is 1. The average molecular weight is 783 g/mol.